The molecule has 5 heteroatoms. The molecule has 1 aliphatic heterocycles. The molecule has 5 nitrogen and oxygen atoms in total. The topological polar surface area (TPSA) is 64.6 Å². The van der Waals surface area contributed by atoms with Crippen molar-refractivity contribution in [1.29, 1.82) is 0 Å². The fourth-order valence-electron chi connectivity index (χ4n) is 2.88. The van der Waals surface area contributed by atoms with Crippen LogP contribution in [0.4, 0.5) is 5.69 Å². The fourth-order valence-corrected chi connectivity index (χ4v) is 2.88. The van der Waals surface area contributed by atoms with E-state index in [-0.39, 0.29) is 5.91 Å². The summed E-state index contributed by atoms with van der Waals surface area (Å²) in [7, 11) is 0. The number of rotatable bonds is 5. The zero-order valence-electron chi connectivity index (χ0n) is 14.4. The number of hydrogen-bond donors (Lipinski definition) is 1. The van der Waals surface area contributed by atoms with E-state index >= 15 is 0 Å². The van der Waals surface area contributed by atoms with Gasteiger partial charge in [0.1, 0.15) is 5.75 Å². The number of amides is 1. The van der Waals surface area contributed by atoms with E-state index in [1.165, 1.54) is 0 Å². The van der Waals surface area contributed by atoms with Gasteiger partial charge in [-0.15, -0.1) is 0 Å². The highest BCUT2D eigenvalue weighted by Gasteiger charge is 2.31. The van der Waals surface area contributed by atoms with Crippen LogP contribution in [0, 0.1) is 0 Å². The van der Waals surface area contributed by atoms with Crippen LogP contribution in [-0.4, -0.2) is 24.6 Å². The van der Waals surface area contributed by atoms with Crippen molar-refractivity contribution in [2.45, 2.75) is 32.8 Å². The highest BCUT2D eigenvalue weighted by atomic mass is 16.5. The quantitative estimate of drug-likeness (QED) is 0.848. The Kier molecular flexibility index (Phi) is 5.03. The zero-order valence-corrected chi connectivity index (χ0v) is 14.4. The summed E-state index contributed by atoms with van der Waals surface area (Å²) in [5.41, 5.74) is 3.10. The number of benzene rings is 2. The Bertz CT molecular complexity index is 800. The maximum Gasteiger partial charge on any atom is 0.339 e. The molecule has 3 rings (SSSR count). The minimum absolute atomic E-state index is 0.354. The molecule has 0 bridgehead atoms. The van der Waals surface area contributed by atoms with Crippen LogP contribution in [-0.2, 0) is 22.4 Å². The number of ether oxygens (including phenoxy) is 2. The molecule has 1 heterocycles. The SMILES string of the molecule is CCOc1ccccc1NC(=O)C1Cc2cc(CC)ccc2C(=O)O1. The highest BCUT2D eigenvalue weighted by molar-refractivity contribution is 6.00. The van der Waals surface area contributed by atoms with Gasteiger partial charge in [0, 0.05) is 6.42 Å². The van der Waals surface area contributed by atoms with Crippen molar-refractivity contribution in [3.8, 4) is 5.75 Å². The highest BCUT2D eigenvalue weighted by Crippen LogP contribution is 2.26. The van der Waals surface area contributed by atoms with Gasteiger partial charge in [0.25, 0.3) is 5.91 Å². The number of nitrogens with one attached hydrogen (secondary N) is 1. The smallest absolute Gasteiger partial charge is 0.339 e. The molecule has 0 fully saturated rings. The maximum atomic E-state index is 12.6. The van der Waals surface area contributed by atoms with Crippen LogP contribution >= 0.6 is 0 Å². The number of aryl methyl sites for hydroxylation is 1. The first-order chi connectivity index (χ1) is 12.1. The number of fused-ring (bicyclic) bond motifs is 1. The molecular weight excluding hydrogens is 318 g/mol. The maximum absolute atomic E-state index is 12.6. The second-order valence-electron chi connectivity index (χ2n) is 5.86. The minimum Gasteiger partial charge on any atom is -0.492 e. The number of anilines is 1. The molecule has 1 atom stereocenters. The molecule has 0 spiro atoms. The van der Waals surface area contributed by atoms with Gasteiger partial charge in [0.2, 0.25) is 0 Å². The van der Waals surface area contributed by atoms with Crippen LogP contribution in [0.3, 0.4) is 0 Å². The van der Waals surface area contributed by atoms with E-state index in [4.69, 9.17) is 9.47 Å². The van der Waals surface area contributed by atoms with Crippen molar-refractivity contribution in [2.75, 3.05) is 11.9 Å². The predicted molar refractivity (Wildman–Crippen MR) is 95.0 cm³/mol. The van der Waals surface area contributed by atoms with Gasteiger partial charge in [0.05, 0.1) is 17.9 Å². The van der Waals surface area contributed by atoms with Gasteiger partial charge in [-0.05, 0) is 42.7 Å². The first-order valence-electron chi connectivity index (χ1n) is 8.47. The molecule has 0 saturated heterocycles. The molecule has 1 amide bonds. The van der Waals surface area contributed by atoms with Gasteiger partial charge in [-0.2, -0.15) is 0 Å². The molecule has 0 radical (unpaired) electrons. The summed E-state index contributed by atoms with van der Waals surface area (Å²) in [6.07, 6.45) is 0.403. The molecule has 1 N–H and O–H groups in total. The molecule has 130 valence electrons. The van der Waals surface area contributed by atoms with E-state index in [0.717, 1.165) is 17.5 Å². The number of hydrogen-bond acceptors (Lipinski definition) is 4. The Morgan fingerprint density at radius 3 is 2.80 bits per heavy atom. The Hall–Kier alpha value is -2.82. The second-order valence-corrected chi connectivity index (χ2v) is 5.86. The molecule has 0 aromatic heterocycles. The standard InChI is InChI=1S/C20H21NO4/c1-3-13-9-10-15-14(11-13)12-18(25-20(15)23)19(22)21-16-7-5-6-8-17(16)24-4-2/h5-11,18H,3-4,12H2,1-2H3,(H,21,22). The first kappa shape index (κ1) is 17.0. The Morgan fingerprint density at radius 2 is 2.04 bits per heavy atom. The average molecular weight is 339 g/mol. The average Bonchev–Trinajstić information content (AvgIpc) is 2.63. The van der Waals surface area contributed by atoms with Crippen LogP contribution in [0.25, 0.3) is 0 Å². The molecule has 2 aromatic carbocycles. The monoisotopic (exact) mass is 339 g/mol. The van der Waals surface area contributed by atoms with Crippen molar-refractivity contribution < 1.29 is 19.1 Å². The third-order valence-electron chi connectivity index (χ3n) is 4.19. The van der Waals surface area contributed by atoms with Crippen molar-refractivity contribution in [3.05, 3.63) is 59.2 Å². The summed E-state index contributed by atoms with van der Waals surface area (Å²) in [4.78, 5) is 24.8. The van der Waals surface area contributed by atoms with Crippen molar-refractivity contribution >= 4 is 17.6 Å². The molecule has 25 heavy (non-hydrogen) atoms. The van der Waals surface area contributed by atoms with Crippen LogP contribution in [0.15, 0.2) is 42.5 Å². The summed E-state index contributed by atoms with van der Waals surface area (Å²) in [5.74, 6) is -0.218. The van der Waals surface area contributed by atoms with E-state index in [2.05, 4.69) is 12.2 Å². The lowest BCUT2D eigenvalue weighted by molar-refractivity contribution is -0.125. The summed E-state index contributed by atoms with van der Waals surface area (Å²) in [6.45, 7) is 4.43. The van der Waals surface area contributed by atoms with Gasteiger partial charge in [0.15, 0.2) is 6.10 Å². The van der Waals surface area contributed by atoms with Crippen LogP contribution in [0.2, 0.25) is 0 Å². The fraction of sp³-hybridized carbons (Fsp3) is 0.300. The lowest BCUT2D eigenvalue weighted by atomic mass is 9.95. The van der Waals surface area contributed by atoms with E-state index in [1.54, 1.807) is 18.2 Å². The molecule has 2 aromatic rings. The van der Waals surface area contributed by atoms with Crippen molar-refractivity contribution in [3.63, 3.8) is 0 Å². The normalized spacial score (nSPS) is 15.9. The van der Waals surface area contributed by atoms with Gasteiger partial charge < -0.3 is 14.8 Å². The van der Waals surface area contributed by atoms with Gasteiger partial charge in [-0.1, -0.05) is 31.2 Å². The molecule has 1 aliphatic rings. The van der Waals surface area contributed by atoms with Gasteiger partial charge >= 0.3 is 5.97 Å². The van der Waals surface area contributed by atoms with Gasteiger partial charge in [-0.25, -0.2) is 4.79 Å². The summed E-state index contributed by atoms with van der Waals surface area (Å²) in [6, 6.07) is 12.9. The summed E-state index contributed by atoms with van der Waals surface area (Å²) >= 11 is 0. The van der Waals surface area contributed by atoms with E-state index in [9.17, 15) is 9.59 Å². The Labute approximate surface area is 147 Å². The molecular formula is C20H21NO4. The van der Waals surface area contributed by atoms with Crippen molar-refractivity contribution in [1.82, 2.24) is 0 Å². The minimum atomic E-state index is -0.846. The number of esters is 1. The summed E-state index contributed by atoms with van der Waals surface area (Å²) in [5, 5.41) is 2.80. The third kappa shape index (κ3) is 3.65. The molecule has 0 aliphatic carbocycles. The molecule has 1 unspecified atom stereocenters. The largest absolute Gasteiger partial charge is 0.492 e. The lowest BCUT2D eigenvalue weighted by Crippen LogP contribution is -2.38. The van der Waals surface area contributed by atoms with Crippen LogP contribution < -0.4 is 10.1 Å². The summed E-state index contributed by atoms with van der Waals surface area (Å²) < 4.78 is 10.8. The Balaban J connectivity index is 1.78. The van der Waals surface area contributed by atoms with Crippen LogP contribution in [0.5, 0.6) is 5.75 Å². The van der Waals surface area contributed by atoms with E-state index in [1.807, 2.05) is 31.2 Å². The second kappa shape index (κ2) is 7.38. The third-order valence-corrected chi connectivity index (χ3v) is 4.19. The van der Waals surface area contributed by atoms with E-state index < -0.39 is 12.1 Å². The van der Waals surface area contributed by atoms with Crippen molar-refractivity contribution in [2.24, 2.45) is 0 Å². The number of carbonyl (C=O) groups excluding carboxylic acids is 2. The Morgan fingerprint density at radius 1 is 1.24 bits per heavy atom. The number of cyclic esters (lactones) is 1. The van der Waals surface area contributed by atoms with E-state index in [0.29, 0.717) is 30.0 Å². The molecule has 0 saturated carbocycles. The first-order valence-corrected chi connectivity index (χ1v) is 8.47. The van der Waals surface area contributed by atoms with Gasteiger partial charge in [-0.3, -0.25) is 4.79 Å². The lowest BCUT2D eigenvalue weighted by Gasteiger charge is -2.24. The zero-order chi connectivity index (χ0) is 17.8. The number of para-hydroxylation sites is 2. The number of carbonyl (C=O) groups is 2. The predicted octanol–water partition coefficient (Wildman–Crippen LogP) is 3.37. The van der Waals surface area contributed by atoms with Crippen LogP contribution in [0.1, 0.15) is 35.3 Å².